The zero-order valence-electron chi connectivity index (χ0n) is 18.0. The molecular formula is C22H31N3O5. The number of rotatable bonds is 10. The molecule has 3 atom stereocenters. The number of hydrogen-bond donors (Lipinski definition) is 2. The van der Waals surface area contributed by atoms with E-state index in [0.29, 0.717) is 19.4 Å². The van der Waals surface area contributed by atoms with Crippen LogP contribution in [-0.2, 0) is 23.9 Å². The van der Waals surface area contributed by atoms with E-state index in [-0.39, 0.29) is 30.2 Å². The van der Waals surface area contributed by atoms with E-state index in [1.54, 1.807) is 25.7 Å². The van der Waals surface area contributed by atoms with Crippen molar-refractivity contribution >= 4 is 23.7 Å². The van der Waals surface area contributed by atoms with Gasteiger partial charge in [-0.15, -0.1) is 0 Å². The molecule has 8 nitrogen and oxygen atoms in total. The normalized spacial score (nSPS) is 17.7. The van der Waals surface area contributed by atoms with E-state index in [4.69, 9.17) is 4.74 Å². The third-order valence-corrected chi connectivity index (χ3v) is 5.24. The van der Waals surface area contributed by atoms with Crippen LogP contribution < -0.4 is 10.6 Å². The first kappa shape index (κ1) is 23.4. The first-order valence-electron chi connectivity index (χ1n) is 10.3. The van der Waals surface area contributed by atoms with Crippen molar-refractivity contribution in [2.75, 3.05) is 13.7 Å². The molecule has 1 fully saturated rings. The predicted octanol–water partition coefficient (Wildman–Crippen LogP) is 1.56. The fourth-order valence-electron chi connectivity index (χ4n) is 3.40. The van der Waals surface area contributed by atoms with Gasteiger partial charge in [0.05, 0.1) is 19.6 Å². The third kappa shape index (κ3) is 6.05. The highest BCUT2D eigenvalue weighted by molar-refractivity contribution is 5.90. The number of likely N-dealkylation sites (tertiary alicyclic amines) is 1. The van der Waals surface area contributed by atoms with Gasteiger partial charge in [0, 0.05) is 13.0 Å². The van der Waals surface area contributed by atoms with Gasteiger partial charge in [-0.05, 0) is 24.8 Å². The number of benzene rings is 1. The number of nitrogens with one attached hydrogen (secondary N) is 2. The maximum Gasteiger partial charge on any atom is 0.328 e. The number of β-lactam (4-membered cyclic amide) rings is 1. The van der Waals surface area contributed by atoms with Crippen LogP contribution in [0.1, 0.15) is 51.6 Å². The molecule has 0 spiro atoms. The molecule has 1 unspecified atom stereocenters. The molecule has 2 N–H and O–H groups in total. The summed E-state index contributed by atoms with van der Waals surface area (Å²) in [6.07, 6.45) is 1.20. The van der Waals surface area contributed by atoms with E-state index < -0.39 is 24.0 Å². The van der Waals surface area contributed by atoms with E-state index in [2.05, 4.69) is 10.6 Å². The summed E-state index contributed by atoms with van der Waals surface area (Å²) in [4.78, 5) is 50.0. The standard InChI is InChI=1S/C22H31N3O5/c1-14(2)20(22(29)30-4)24-21(28)15(3)23-18(26)11-8-12-25-17(13-19(25)27)16-9-6-5-7-10-16/h5-7,9-10,14-15,17,20H,8,11-13H2,1-4H3,(H,23,26)(H,24,28)/t15-,17?,20-/m0/s1. The fourth-order valence-corrected chi connectivity index (χ4v) is 3.40. The zero-order valence-corrected chi connectivity index (χ0v) is 18.0. The Kier molecular flexibility index (Phi) is 8.38. The summed E-state index contributed by atoms with van der Waals surface area (Å²) >= 11 is 0. The van der Waals surface area contributed by atoms with E-state index in [1.807, 2.05) is 30.3 Å². The summed E-state index contributed by atoms with van der Waals surface area (Å²) in [5.74, 6) is -1.31. The maximum absolute atomic E-state index is 12.3. The molecule has 1 aromatic carbocycles. The second kappa shape index (κ2) is 10.8. The number of methoxy groups -OCH3 is 1. The smallest absolute Gasteiger partial charge is 0.328 e. The number of hydrogen-bond acceptors (Lipinski definition) is 5. The summed E-state index contributed by atoms with van der Waals surface area (Å²) in [6.45, 7) is 5.65. The van der Waals surface area contributed by atoms with Gasteiger partial charge < -0.3 is 20.3 Å². The van der Waals surface area contributed by atoms with E-state index in [9.17, 15) is 19.2 Å². The number of ether oxygens (including phenoxy) is 1. The van der Waals surface area contributed by atoms with Crippen LogP contribution >= 0.6 is 0 Å². The van der Waals surface area contributed by atoms with E-state index in [1.165, 1.54) is 7.11 Å². The molecule has 1 aliphatic heterocycles. The van der Waals surface area contributed by atoms with Crippen molar-refractivity contribution < 1.29 is 23.9 Å². The van der Waals surface area contributed by atoms with Crippen LogP contribution in [0.2, 0.25) is 0 Å². The lowest BCUT2D eigenvalue weighted by Gasteiger charge is -2.41. The van der Waals surface area contributed by atoms with Gasteiger partial charge in [-0.2, -0.15) is 0 Å². The predicted molar refractivity (Wildman–Crippen MR) is 111 cm³/mol. The Morgan fingerprint density at radius 1 is 1.13 bits per heavy atom. The molecule has 0 aromatic heterocycles. The second-order valence-corrected chi connectivity index (χ2v) is 7.86. The molecule has 0 aliphatic carbocycles. The molecule has 1 heterocycles. The summed E-state index contributed by atoms with van der Waals surface area (Å²) in [6, 6.07) is 8.33. The van der Waals surface area contributed by atoms with Gasteiger partial charge in [0.2, 0.25) is 17.7 Å². The third-order valence-electron chi connectivity index (χ3n) is 5.24. The summed E-state index contributed by atoms with van der Waals surface area (Å²) < 4.78 is 4.70. The number of carbonyl (C=O) groups excluding carboxylic acids is 4. The Balaban J connectivity index is 1.76. The van der Waals surface area contributed by atoms with Crippen molar-refractivity contribution in [3.63, 3.8) is 0 Å². The van der Waals surface area contributed by atoms with Crippen LogP contribution in [0.3, 0.4) is 0 Å². The van der Waals surface area contributed by atoms with E-state index in [0.717, 1.165) is 5.56 Å². The maximum atomic E-state index is 12.3. The molecule has 0 radical (unpaired) electrons. The Bertz CT molecular complexity index is 765. The van der Waals surface area contributed by atoms with Gasteiger partial charge in [-0.3, -0.25) is 14.4 Å². The van der Waals surface area contributed by atoms with Crippen LogP contribution in [0.4, 0.5) is 0 Å². The lowest BCUT2D eigenvalue weighted by molar-refractivity contribution is -0.147. The van der Waals surface area contributed by atoms with Gasteiger partial charge in [0.25, 0.3) is 0 Å². The van der Waals surface area contributed by atoms with Gasteiger partial charge in [0.1, 0.15) is 12.1 Å². The lowest BCUT2D eigenvalue weighted by Crippen LogP contribution is -2.52. The first-order valence-corrected chi connectivity index (χ1v) is 10.3. The monoisotopic (exact) mass is 417 g/mol. The van der Waals surface area contributed by atoms with Crippen molar-refractivity contribution in [1.29, 1.82) is 0 Å². The number of amides is 3. The molecule has 2 rings (SSSR count). The first-order chi connectivity index (χ1) is 14.2. The highest BCUT2D eigenvalue weighted by Crippen LogP contribution is 2.34. The van der Waals surface area contributed by atoms with Crippen molar-refractivity contribution in [3.8, 4) is 0 Å². The van der Waals surface area contributed by atoms with Crippen molar-refractivity contribution in [2.45, 2.75) is 58.2 Å². The van der Waals surface area contributed by atoms with Crippen LogP contribution in [-0.4, -0.2) is 54.3 Å². The molecule has 1 aliphatic rings. The van der Waals surface area contributed by atoms with Crippen molar-refractivity contribution in [1.82, 2.24) is 15.5 Å². The molecule has 0 saturated carbocycles. The Hall–Kier alpha value is -2.90. The summed E-state index contributed by atoms with van der Waals surface area (Å²) in [5, 5.41) is 5.25. The molecule has 30 heavy (non-hydrogen) atoms. The highest BCUT2D eigenvalue weighted by Gasteiger charge is 2.36. The van der Waals surface area contributed by atoms with Crippen LogP contribution in [0, 0.1) is 5.92 Å². The average Bonchev–Trinajstić information content (AvgIpc) is 2.72. The Labute approximate surface area is 177 Å². The lowest BCUT2D eigenvalue weighted by atomic mass is 9.93. The van der Waals surface area contributed by atoms with Crippen molar-refractivity contribution in [3.05, 3.63) is 35.9 Å². The van der Waals surface area contributed by atoms with Crippen LogP contribution in [0.15, 0.2) is 30.3 Å². The molecular weight excluding hydrogens is 386 g/mol. The second-order valence-electron chi connectivity index (χ2n) is 7.86. The molecule has 0 bridgehead atoms. The SMILES string of the molecule is COC(=O)[C@@H](NC(=O)[C@H](C)NC(=O)CCCN1C(=O)CC1c1ccccc1)C(C)C. The molecule has 8 heteroatoms. The topological polar surface area (TPSA) is 105 Å². The average molecular weight is 418 g/mol. The molecule has 1 aromatic rings. The largest absolute Gasteiger partial charge is 0.467 e. The summed E-state index contributed by atoms with van der Waals surface area (Å²) in [5.41, 5.74) is 1.09. The van der Waals surface area contributed by atoms with Gasteiger partial charge in [-0.25, -0.2) is 4.79 Å². The Morgan fingerprint density at radius 2 is 1.80 bits per heavy atom. The molecule has 164 valence electrons. The van der Waals surface area contributed by atoms with Crippen LogP contribution in [0.25, 0.3) is 0 Å². The highest BCUT2D eigenvalue weighted by atomic mass is 16.5. The quantitative estimate of drug-likeness (QED) is 0.444. The minimum absolute atomic E-state index is 0.0674. The van der Waals surface area contributed by atoms with Crippen LogP contribution in [0.5, 0.6) is 0 Å². The number of nitrogens with zero attached hydrogens (tertiary/aromatic N) is 1. The van der Waals surface area contributed by atoms with Gasteiger partial charge in [0.15, 0.2) is 0 Å². The minimum Gasteiger partial charge on any atom is -0.467 e. The van der Waals surface area contributed by atoms with Crippen molar-refractivity contribution in [2.24, 2.45) is 5.92 Å². The molecule has 1 saturated heterocycles. The number of esters is 1. The molecule has 3 amide bonds. The van der Waals surface area contributed by atoms with Gasteiger partial charge in [-0.1, -0.05) is 44.2 Å². The Morgan fingerprint density at radius 3 is 2.37 bits per heavy atom. The zero-order chi connectivity index (χ0) is 22.3. The number of carbonyl (C=O) groups is 4. The minimum atomic E-state index is -0.786. The summed E-state index contributed by atoms with van der Waals surface area (Å²) in [7, 11) is 1.26. The van der Waals surface area contributed by atoms with E-state index >= 15 is 0 Å². The fraction of sp³-hybridized carbons (Fsp3) is 0.545. The van der Waals surface area contributed by atoms with Gasteiger partial charge >= 0.3 is 5.97 Å².